The largest absolute Gasteiger partial charge is 0.267 e. The highest BCUT2D eigenvalue weighted by Crippen LogP contribution is 2.43. The van der Waals surface area contributed by atoms with Gasteiger partial charge in [0, 0.05) is 12.1 Å². The van der Waals surface area contributed by atoms with Gasteiger partial charge >= 0.3 is 0 Å². The molecule has 1 fully saturated rings. The number of benzene rings is 1. The zero-order valence-corrected chi connectivity index (χ0v) is 8.86. The van der Waals surface area contributed by atoms with E-state index in [1.807, 2.05) is 6.07 Å². The molecule has 0 amide bonds. The molecule has 76 valence electrons. The van der Waals surface area contributed by atoms with Crippen LogP contribution in [0.3, 0.4) is 0 Å². The second kappa shape index (κ2) is 3.71. The average molecular weight is 191 g/mol. The maximum absolute atomic E-state index is 5.63. The van der Waals surface area contributed by atoms with Crippen LogP contribution in [0, 0.1) is 0 Å². The molecule has 1 aliphatic rings. The Kier molecular flexibility index (Phi) is 2.57. The Bertz CT molecular complexity index is 298. The van der Waals surface area contributed by atoms with Crippen molar-refractivity contribution < 1.29 is 4.84 Å². The highest BCUT2D eigenvalue weighted by atomic mass is 16.9. The van der Waals surface area contributed by atoms with E-state index in [2.05, 4.69) is 43.2 Å². The Balaban J connectivity index is 2.00. The number of nitrogens with zero attached hydrogens (tertiary/aromatic N) is 1. The van der Waals surface area contributed by atoms with Crippen LogP contribution in [0.1, 0.15) is 32.3 Å². The van der Waals surface area contributed by atoms with Crippen LogP contribution in [0.5, 0.6) is 0 Å². The minimum absolute atomic E-state index is 0.156. The summed E-state index contributed by atoms with van der Waals surface area (Å²) in [4.78, 5) is 5.63. The first-order valence-corrected chi connectivity index (χ1v) is 5.29. The molecule has 0 saturated carbocycles. The van der Waals surface area contributed by atoms with Gasteiger partial charge in [-0.15, -0.1) is 5.06 Å². The first-order valence-electron chi connectivity index (χ1n) is 5.29. The lowest BCUT2D eigenvalue weighted by molar-refractivity contribution is 0.192. The minimum Gasteiger partial charge on any atom is -0.267 e. The molecule has 1 aromatic carbocycles. The molecule has 14 heavy (non-hydrogen) atoms. The van der Waals surface area contributed by atoms with E-state index in [1.165, 1.54) is 18.4 Å². The highest BCUT2D eigenvalue weighted by molar-refractivity contribution is 5.23. The maximum atomic E-state index is 5.63. The van der Waals surface area contributed by atoms with Crippen LogP contribution >= 0.6 is 0 Å². The minimum atomic E-state index is -0.156. The van der Waals surface area contributed by atoms with Crippen molar-refractivity contribution in [2.24, 2.45) is 0 Å². The van der Waals surface area contributed by atoms with Gasteiger partial charge in [0.25, 0.3) is 0 Å². The summed E-state index contributed by atoms with van der Waals surface area (Å²) in [5, 5.41) is 2.06. The van der Waals surface area contributed by atoms with Crippen LogP contribution in [0.2, 0.25) is 0 Å². The SMILES string of the molecule is CCCCN1OC1(C)c1ccccc1. The van der Waals surface area contributed by atoms with Gasteiger partial charge < -0.3 is 0 Å². The second-order valence-electron chi connectivity index (χ2n) is 3.90. The van der Waals surface area contributed by atoms with Crippen LogP contribution in [-0.4, -0.2) is 11.6 Å². The molecule has 0 spiro atoms. The molecule has 2 nitrogen and oxygen atoms in total. The predicted molar refractivity (Wildman–Crippen MR) is 56.5 cm³/mol. The molecule has 1 aromatic rings. The molecule has 0 N–H and O–H groups in total. The van der Waals surface area contributed by atoms with Crippen molar-refractivity contribution >= 4 is 0 Å². The van der Waals surface area contributed by atoms with Crippen molar-refractivity contribution in [1.82, 2.24) is 5.06 Å². The van der Waals surface area contributed by atoms with Crippen LogP contribution in [0.25, 0.3) is 0 Å². The molecule has 2 atom stereocenters. The number of unbranched alkanes of at least 4 members (excludes halogenated alkanes) is 1. The average Bonchev–Trinajstić information content (AvgIpc) is 2.90. The monoisotopic (exact) mass is 191 g/mol. The van der Waals surface area contributed by atoms with Crippen molar-refractivity contribution in [2.75, 3.05) is 6.54 Å². The lowest BCUT2D eigenvalue weighted by atomic mass is 10.1. The van der Waals surface area contributed by atoms with Gasteiger partial charge in [0.15, 0.2) is 5.72 Å². The molecule has 0 aliphatic carbocycles. The van der Waals surface area contributed by atoms with Gasteiger partial charge in [-0.05, 0) is 13.3 Å². The van der Waals surface area contributed by atoms with E-state index in [4.69, 9.17) is 4.84 Å². The summed E-state index contributed by atoms with van der Waals surface area (Å²) >= 11 is 0. The second-order valence-corrected chi connectivity index (χ2v) is 3.90. The van der Waals surface area contributed by atoms with E-state index in [9.17, 15) is 0 Å². The van der Waals surface area contributed by atoms with E-state index in [1.54, 1.807) is 0 Å². The Morgan fingerprint density at radius 2 is 2.00 bits per heavy atom. The summed E-state index contributed by atoms with van der Waals surface area (Å²) in [6, 6.07) is 10.4. The van der Waals surface area contributed by atoms with E-state index in [0.717, 1.165) is 6.54 Å². The number of hydrogen-bond donors (Lipinski definition) is 0. The summed E-state index contributed by atoms with van der Waals surface area (Å²) in [6.45, 7) is 5.35. The fourth-order valence-corrected chi connectivity index (χ4v) is 1.70. The van der Waals surface area contributed by atoms with Gasteiger partial charge in [-0.2, -0.15) is 0 Å². The first-order chi connectivity index (χ1) is 6.77. The quantitative estimate of drug-likeness (QED) is 0.680. The van der Waals surface area contributed by atoms with Crippen molar-refractivity contribution in [3.8, 4) is 0 Å². The summed E-state index contributed by atoms with van der Waals surface area (Å²) < 4.78 is 0. The maximum Gasteiger partial charge on any atom is 0.187 e. The smallest absolute Gasteiger partial charge is 0.187 e. The van der Waals surface area contributed by atoms with E-state index >= 15 is 0 Å². The van der Waals surface area contributed by atoms with Crippen molar-refractivity contribution in [2.45, 2.75) is 32.4 Å². The van der Waals surface area contributed by atoms with Crippen LogP contribution in [-0.2, 0) is 10.6 Å². The topological polar surface area (TPSA) is 15.5 Å². The zero-order chi connectivity index (χ0) is 10.0. The Morgan fingerprint density at radius 1 is 1.29 bits per heavy atom. The molecule has 0 bridgehead atoms. The third-order valence-electron chi connectivity index (χ3n) is 2.76. The number of hydroxylamine groups is 2. The Labute approximate surface area is 85.4 Å². The summed E-state index contributed by atoms with van der Waals surface area (Å²) in [5.41, 5.74) is 1.09. The normalized spacial score (nSPS) is 30.3. The van der Waals surface area contributed by atoms with Crippen LogP contribution in [0.4, 0.5) is 0 Å². The molecule has 0 radical (unpaired) electrons. The zero-order valence-electron chi connectivity index (χ0n) is 8.86. The van der Waals surface area contributed by atoms with E-state index in [0.29, 0.717) is 0 Å². The molecule has 1 heterocycles. The Hall–Kier alpha value is -0.860. The molecule has 1 aliphatic heterocycles. The fraction of sp³-hybridized carbons (Fsp3) is 0.500. The van der Waals surface area contributed by atoms with Crippen molar-refractivity contribution in [3.63, 3.8) is 0 Å². The number of rotatable bonds is 4. The summed E-state index contributed by atoms with van der Waals surface area (Å²) in [5.74, 6) is 0. The standard InChI is InChI=1S/C12H17NO/c1-3-4-10-13-12(2,14-13)11-8-6-5-7-9-11/h5-9H,3-4,10H2,1-2H3. The highest BCUT2D eigenvalue weighted by Gasteiger charge is 2.51. The summed E-state index contributed by atoms with van der Waals surface area (Å²) in [6.07, 6.45) is 2.41. The molecular weight excluding hydrogens is 174 g/mol. The van der Waals surface area contributed by atoms with Crippen molar-refractivity contribution in [3.05, 3.63) is 35.9 Å². The van der Waals surface area contributed by atoms with Crippen LogP contribution in [0.15, 0.2) is 30.3 Å². The predicted octanol–water partition coefficient (Wildman–Crippen LogP) is 2.91. The first kappa shape index (κ1) is 9.69. The fourth-order valence-electron chi connectivity index (χ4n) is 1.70. The van der Waals surface area contributed by atoms with Gasteiger partial charge in [-0.1, -0.05) is 43.7 Å². The van der Waals surface area contributed by atoms with E-state index in [-0.39, 0.29) is 5.72 Å². The van der Waals surface area contributed by atoms with Gasteiger partial charge in [-0.3, -0.25) is 4.84 Å². The van der Waals surface area contributed by atoms with Gasteiger partial charge in [-0.25, -0.2) is 0 Å². The van der Waals surface area contributed by atoms with Gasteiger partial charge in [0.2, 0.25) is 0 Å². The molecule has 1 saturated heterocycles. The third-order valence-corrected chi connectivity index (χ3v) is 2.76. The van der Waals surface area contributed by atoms with Gasteiger partial charge in [0.1, 0.15) is 0 Å². The molecule has 2 rings (SSSR count). The molecule has 2 heteroatoms. The lowest BCUT2D eigenvalue weighted by Gasteiger charge is -2.05. The van der Waals surface area contributed by atoms with Crippen molar-refractivity contribution in [1.29, 1.82) is 0 Å². The summed E-state index contributed by atoms with van der Waals surface area (Å²) in [7, 11) is 0. The lowest BCUT2D eigenvalue weighted by Crippen LogP contribution is -2.12. The van der Waals surface area contributed by atoms with E-state index < -0.39 is 0 Å². The third kappa shape index (κ3) is 1.68. The van der Waals surface area contributed by atoms with Gasteiger partial charge in [0.05, 0.1) is 0 Å². The van der Waals surface area contributed by atoms with Crippen LogP contribution < -0.4 is 0 Å². The number of hydrogen-bond acceptors (Lipinski definition) is 2. The Morgan fingerprint density at radius 3 is 2.64 bits per heavy atom. The molecule has 0 aromatic heterocycles. The molecule has 2 unspecified atom stereocenters. The molecular formula is C12H17NO.